The standard InChI is InChI=1S/C28H34N2O8S.C2H5I/c1-2-37-28(33)25-26(32)24(39-27(25)30-21-6-4-3-5-7-21)19-20-8-9-23(22(31)18-20)38-17-16-36-15-14-35-13-12-34-11-10-29;1-2-3/h3-9,18-19,31-32H,2,10-17,29H2,1H3;2H2,1H3/b24-19-,30-27?;. The summed E-state index contributed by atoms with van der Waals surface area (Å²) in [6, 6.07) is 14.0. The van der Waals surface area contributed by atoms with E-state index in [0.717, 1.165) is 11.8 Å². The number of ether oxygens (including phenoxy) is 5. The molecule has 10 nitrogen and oxygen atoms in total. The van der Waals surface area contributed by atoms with Crippen LogP contribution in [0.3, 0.4) is 0 Å². The zero-order valence-corrected chi connectivity index (χ0v) is 26.9. The normalized spacial score (nSPS) is 14.7. The fourth-order valence-corrected chi connectivity index (χ4v) is 4.38. The van der Waals surface area contributed by atoms with Crippen LogP contribution in [0.25, 0.3) is 6.08 Å². The van der Waals surface area contributed by atoms with Gasteiger partial charge in [0.2, 0.25) is 0 Å². The number of phenolic OH excluding ortho intramolecular Hbond substituents is 1. The third-order valence-corrected chi connectivity index (χ3v) is 6.15. The van der Waals surface area contributed by atoms with Gasteiger partial charge in [-0.15, -0.1) is 0 Å². The number of alkyl halides is 1. The molecular formula is C30H39IN2O8S. The Morgan fingerprint density at radius 1 is 0.952 bits per heavy atom. The molecule has 0 fully saturated rings. The van der Waals surface area contributed by atoms with E-state index in [2.05, 4.69) is 34.5 Å². The molecule has 1 aliphatic rings. The number of hydrogen-bond donors (Lipinski definition) is 3. The van der Waals surface area contributed by atoms with E-state index < -0.39 is 5.97 Å². The molecule has 2 aromatic carbocycles. The number of benzene rings is 2. The second-order valence-electron chi connectivity index (χ2n) is 8.28. The van der Waals surface area contributed by atoms with Gasteiger partial charge in [0.05, 0.1) is 56.8 Å². The number of carbonyl (C=O) groups is 1. The number of aromatic hydroxyl groups is 1. The van der Waals surface area contributed by atoms with Crippen molar-refractivity contribution in [1.82, 2.24) is 0 Å². The highest BCUT2D eigenvalue weighted by molar-refractivity contribution is 14.1. The Morgan fingerprint density at radius 2 is 1.57 bits per heavy atom. The number of halogens is 1. The summed E-state index contributed by atoms with van der Waals surface area (Å²) >= 11 is 3.43. The quantitative estimate of drug-likeness (QED) is 0.0894. The Labute approximate surface area is 265 Å². The molecule has 1 aliphatic heterocycles. The Morgan fingerprint density at radius 3 is 2.17 bits per heavy atom. The highest BCUT2D eigenvalue weighted by Crippen LogP contribution is 2.40. The molecule has 42 heavy (non-hydrogen) atoms. The van der Waals surface area contributed by atoms with E-state index in [1.165, 1.54) is 10.5 Å². The molecular weight excluding hydrogens is 675 g/mol. The van der Waals surface area contributed by atoms with Crippen molar-refractivity contribution >= 4 is 57.1 Å². The second kappa shape index (κ2) is 21.1. The summed E-state index contributed by atoms with van der Waals surface area (Å²) in [5.74, 6) is -0.651. The van der Waals surface area contributed by atoms with E-state index in [1.807, 2.05) is 18.2 Å². The molecule has 0 saturated heterocycles. The minimum absolute atomic E-state index is 0.00598. The number of esters is 1. The van der Waals surface area contributed by atoms with Gasteiger partial charge in [0.25, 0.3) is 0 Å². The number of nitrogens with zero attached hydrogens (tertiary/aromatic N) is 1. The van der Waals surface area contributed by atoms with Crippen molar-refractivity contribution in [3.63, 3.8) is 0 Å². The maximum absolute atomic E-state index is 12.6. The lowest BCUT2D eigenvalue weighted by Crippen LogP contribution is -2.14. The van der Waals surface area contributed by atoms with Crippen LogP contribution in [0.4, 0.5) is 5.69 Å². The second-order valence-corrected chi connectivity index (χ2v) is 10.8. The Balaban J connectivity index is 0.00000197. The van der Waals surface area contributed by atoms with Crippen LogP contribution in [-0.2, 0) is 23.7 Å². The molecule has 4 N–H and O–H groups in total. The fraction of sp³-hybridized carbons (Fsp3) is 0.400. The van der Waals surface area contributed by atoms with Gasteiger partial charge in [0.1, 0.15) is 23.0 Å². The van der Waals surface area contributed by atoms with Gasteiger partial charge >= 0.3 is 5.97 Å². The third-order valence-electron chi connectivity index (χ3n) is 5.13. The third kappa shape index (κ3) is 12.7. The first-order valence-electron chi connectivity index (χ1n) is 13.5. The Kier molecular flexibility index (Phi) is 17.9. The number of hydrogen-bond acceptors (Lipinski definition) is 11. The molecule has 1 heterocycles. The largest absolute Gasteiger partial charge is 0.506 e. The summed E-state index contributed by atoms with van der Waals surface area (Å²) in [5.41, 5.74) is 6.58. The first-order valence-corrected chi connectivity index (χ1v) is 15.9. The van der Waals surface area contributed by atoms with Crippen molar-refractivity contribution in [2.45, 2.75) is 13.8 Å². The van der Waals surface area contributed by atoms with Crippen LogP contribution in [-0.4, -0.2) is 85.1 Å². The lowest BCUT2D eigenvalue weighted by molar-refractivity contribution is -0.138. The lowest BCUT2D eigenvalue weighted by Gasteiger charge is -2.10. The van der Waals surface area contributed by atoms with Crippen molar-refractivity contribution in [3.05, 3.63) is 70.3 Å². The number of phenols is 1. The van der Waals surface area contributed by atoms with Crippen LogP contribution in [0, 0.1) is 0 Å². The maximum Gasteiger partial charge on any atom is 0.344 e. The summed E-state index contributed by atoms with van der Waals surface area (Å²) in [6.07, 6.45) is 1.65. The molecule has 2 aromatic rings. The molecule has 0 radical (unpaired) electrons. The predicted octanol–water partition coefficient (Wildman–Crippen LogP) is 5.41. The van der Waals surface area contributed by atoms with Crippen LogP contribution in [0.15, 0.2) is 69.8 Å². The Hall–Kier alpha value is -2.62. The topological polar surface area (TPSA) is 142 Å². The Bertz CT molecular complexity index is 1190. The van der Waals surface area contributed by atoms with Crippen LogP contribution in [0.1, 0.15) is 19.4 Å². The van der Waals surface area contributed by atoms with Crippen LogP contribution < -0.4 is 10.5 Å². The first-order chi connectivity index (χ1) is 20.4. The minimum atomic E-state index is -0.655. The van der Waals surface area contributed by atoms with Gasteiger partial charge in [-0.3, -0.25) is 0 Å². The smallest absolute Gasteiger partial charge is 0.344 e. The van der Waals surface area contributed by atoms with Crippen molar-refractivity contribution in [1.29, 1.82) is 0 Å². The number of carbonyl (C=O) groups excluding carboxylic acids is 1. The summed E-state index contributed by atoms with van der Waals surface area (Å²) < 4.78 is 28.0. The zero-order chi connectivity index (χ0) is 30.6. The molecule has 0 spiro atoms. The van der Waals surface area contributed by atoms with E-state index in [1.54, 1.807) is 37.3 Å². The molecule has 0 amide bonds. The van der Waals surface area contributed by atoms with Crippen molar-refractivity contribution in [2.24, 2.45) is 10.7 Å². The minimum Gasteiger partial charge on any atom is -0.506 e. The number of thioether (sulfide) groups is 1. The van der Waals surface area contributed by atoms with Gasteiger partial charge < -0.3 is 39.6 Å². The number of aliphatic hydroxyl groups is 1. The van der Waals surface area contributed by atoms with Crippen LogP contribution in [0.2, 0.25) is 0 Å². The molecule has 12 heteroatoms. The molecule has 0 aliphatic carbocycles. The first kappa shape index (κ1) is 35.6. The van der Waals surface area contributed by atoms with E-state index in [0.29, 0.717) is 73.1 Å². The highest BCUT2D eigenvalue weighted by Gasteiger charge is 2.33. The SMILES string of the molecule is CCI.CCOC(=O)C1=C(O)/C(=C/c2ccc(OCCOCCOCCOCCN)c(O)c2)SC1=Nc1ccccc1. The van der Waals surface area contributed by atoms with Crippen LogP contribution >= 0.6 is 34.4 Å². The van der Waals surface area contributed by atoms with Gasteiger partial charge in [-0.1, -0.05) is 65.5 Å². The summed E-state index contributed by atoms with van der Waals surface area (Å²) in [5, 5.41) is 21.6. The van der Waals surface area contributed by atoms with Gasteiger partial charge in [0, 0.05) is 6.54 Å². The maximum atomic E-state index is 12.6. The average Bonchev–Trinajstić information content (AvgIpc) is 3.27. The van der Waals surface area contributed by atoms with Crippen molar-refractivity contribution < 1.29 is 38.7 Å². The predicted molar refractivity (Wildman–Crippen MR) is 175 cm³/mol. The summed E-state index contributed by atoms with van der Waals surface area (Å²) in [6.45, 7) is 7.37. The van der Waals surface area contributed by atoms with Gasteiger partial charge in [-0.2, -0.15) is 0 Å². The van der Waals surface area contributed by atoms with E-state index in [4.69, 9.17) is 29.4 Å². The number of nitrogens with two attached hydrogens (primary N) is 1. The molecule has 0 atom stereocenters. The summed E-state index contributed by atoms with van der Waals surface area (Å²) in [4.78, 5) is 17.5. The number of aliphatic hydroxyl groups excluding tert-OH is 1. The fourth-order valence-electron chi connectivity index (χ4n) is 3.34. The molecule has 0 bridgehead atoms. The van der Waals surface area contributed by atoms with Crippen LogP contribution in [0.5, 0.6) is 11.5 Å². The lowest BCUT2D eigenvalue weighted by atomic mass is 10.1. The molecule has 0 aromatic heterocycles. The number of rotatable bonds is 16. The monoisotopic (exact) mass is 714 g/mol. The average molecular weight is 715 g/mol. The number of para-hydroxylation sites is 1. The van der Waals surface area contributed by atoms with Crippen molar-refractivity contribution in [2.75, 3.05) is 63.8 Å². The molecule has 0 saturated carbocycles. The molecule has 3 rings (SSSR count). The van der Waals surface area contributed by atoms with Crippen molar-refractivity contribution in [3.8, 4) is 11.5 Å². The van der Waals surface area contributed by atoms with E-state index in [-0.39, 0.29) is 30.3 Å². The van der Waals surface area contributed by atoms with E-state index in [9.17, 15) is 15.0 Å². The highest BCUT2D eigenvalue weighted by atomic mass is 127. The van der Waals surface area contributed by atoms with Gasteiger partial charge in [0.15, 0.2) is 11.5 Å². The van der Waals surface area contributed by atoms with Gasteiger partial charge in [-0.25, -0.2) is 9.79 Å². The molecule has 230 valence electrons. The van der Waals surface area contributed by atoms with E-state index >= 15 is 0 Å². The zero-order valence-electron chi connectivity index (χ0n) is 23.9. The number of aliphatic imine (C=N–C) groups is 1. The van der Waals surface area contributed by atoms with Gasteiger partial charge in [-0.05, 0) is 47.3 Å². The summed E-state index contributed by atoms with van der Waals surface area (Å²) in [7, 11) is 0. The molecule has 0 unspecified atom stereocenters.